The van der Waals surface area contributed by atoms with Gasteiger partial charge in [-0.25, -0.2) is 13.1 Å². The van der Waals surface area contributed by atoms with Crippen molar-refractivity contribution < 1.29 is 18.4 Å². The van der Waals surface area contributed by atoms with E-state index in [1.807, 2.05) is 13.8 Å². The van der Waals surface area contributed by atoms with Crippen molar-refractivity contribution in [2.24, 2.45) is 5.92 Å². The van der Waals surface area contributed by atoms with Gasteiger partial charge in [-0.2, -0.15) is 0 Å². The molecule has 0 aromatic heterocycles. The monoisotopic (exact) mass is 316 g/mol. The van der Waals surface area contributed by atoms with Gasteiger partial charge in [-0.3, -0.25) is 10.1 Å². The first-order chi connectivity index (χ1) is 9.53. The fourth-order valence-electron chi connectivity index (χ4n) is 2.03. The van der Waals surface area contributed by atoms with Gasteiger partial charge < -0.3 is 5.11 Å². The molecule has 0 heterocycles. The normalized spacial score (nSPS) is 14.9. The lowest BCUT2D eigenvalue weighted by molar-refractivity contribution is -0.384. The molecule has 8 heteroatoms. The Labute approximate surface area is 124 Å². The second-order valence-corrected chi connectivity index (χ2v) is 7.44. The van der Waals surface area contributed by atoms with E-state index in [1.165, 1.54) is 0 Å². The van der Waals surface area contributed by atoms with Gasteiger partial charge in [-0.15, -0.1) is 0 Å². The molecule has 1 unspecified atom stereocenters. The van der Waals surface area contributed by atoms with Crippen molar-refractivity contribution in [3.8, 4) is 0 Å². The van der Waals surface area contributed by atoms with Crippen molar-refractivity contribution in [3.63, 3.8) is 0 Å². The van der Waals surface area contributed by atoms with Crippen LogP contribution in [0, 0.1) is 16.0 Å². The second kappa shape index (κ2) is 6.50. The second-order valence-electron chi connectivity index (χ2n) is 5.67. The van der Waals surface area contributed by atoms with Gasteiger partial charge in [0.25, 0.3) is 5.69 Å². The number of non-ortho nitro benzene ring substituents is 1. The zero-order valence-corrected chi connectivity index (χ0v) is 13.1. The largest absolute Gasteiger partial charge is 0.389 e. The number of rotatable bonds is 7. The van der Waals surface area contributed by atoms with Gasteiger partial charge in [0.05, 0.1) is 15.4 Å². The number of benzene rings is 1. The van der Waals surface area contributed by atoms with Crippen LogP contribution in [0.2, 0.25) is 0 Å². The highest BCUT2D eigenvalue weighted by molar-refractivity contribution is 7.89. The molecule has 2 N–H and O–H groups in total. The summed E-state index contributed by atoms with van der Waals surface area (Å²) < 4.78 is 26.4. The molecule has 21 heavy (non-hydrogen) atoms. The third-order valence-electron chi connectivity index (χ3n) is 2.85. The van der Waals surface area contributed by atoms with Gasteiger partial charge in [0, 0.05) is 18.7 Å². The van der Waals surface area contributed by atoms with Crippen LogP contribution in [0.15, 0.2) is 29.2 Å². The molecule has 1 atom stereocenters. The number of nitro benzene ring substituents is 1. The minimum absolute atomic E-state index is 0.0755. The minimum atomic E-state index is -3.80. The zero-order chi connectivity index (χ0) is 16.3. The van der Waals surface area contributed by atoms with E-state index in [0.717, 1.165) is 24.3 Å². The van der Waals surface area contributed by atoms with Crippen LogP contribution in [-0.4, -0.2) is 30.6 Å². The summed E-state index contributed by atoms with van der Waals surface area (Å²) in [5.41, 5.74) is -1.33. The fourth-order valence-corrected chi connectivity index (χ4v) is 3.19. The summed E-state index contributed by atoms with van der Waals surface area (Å²) >= 11 is 0. The van der Waals surface area contributed by atoms with Gasteiger partial charge >= 0.3 is 0 Å². The molecule has 0 aliphatic heterocycles. The number of sulfonamides is 1. The molecule has 0 saturated carbocycles. The van der Waals surface area contributed by atoms with E-state index in [2.05, 4.69) is 4.72 Å². The summed E-state index contributed by atoms with van der Waals surface area (Å²) in [6, 6.07) is 4.58. The van der Waals surface area contributed by atoms with Crippen molar-refractivity contribution in [1.82, 2.24) is 4.72 Å². The van der Waals surface area contributed by atoms with E-state index in [-0.39, 0.29) is 23.0 Å². The van der Waals surface area contributed by atoms with Crippen molar-refractivity contribution >= 4 is 15.7 Å². The summed E-state index contributed by atoms with van der Waals surface area (Å²) in [5, 5.41) is 20.6. The highest BCUT2D eigenvalue weighted by Crippen LogP contribution is 2.18. The van der Waals surface area contributed by atoms with Gasteiger partial charge in [-0.1, -0.05) is 13.8 Å². The molecular formula is C13H20N2O5S. The maximum Gasteiger partial charge on any atom is 0.269 e. The Hall–Kier alpha value is -1.51. The maximum absolute atomic E-state index is 12.1. The van der Waals surface area contributed by atoms with Crippen molar-refractivity contribution in [2.75, 3.05) is 6.54 Å². The summed E-state index contributed by atoms with van der Waals surface area (Å²) in [6.45, 7) is 5.30. The summed E-state index contributed by atoms with van der Waals surface area (Å²) in [6.07, 6.45) is 0.454. The molecule has 0 aliphatic rings. The number of nitro groups is 1. The van der Waals surface area contributed by atoms with Gasteiger partial charge in [-0.05, 0) is 31.4 Å². The first kappa shape index (κ1) is 17.5. The van der Waals surface area contributed by atoms with Crippen molar-refractivity contribution in [1.29, 1.82) is 0 Å². The van der Waals surface area contributed by atoms with Crippen LogP contribution in [0.1, 0.15) is 27.2 Å². The van der Waals surface area contributed by atoms with E-state index in [0.29, 0.717) is 6.42 Å². The summed E-state index contributed by atoms with van der Waals surface area (Å²) in [4.78, 5) is 9.85. The van der Waals surface area contributed by atoms with Crippen LogP contribution >= 0.6 is 0 Å². The van der Waals surface area contributed by atoms with Crippen LogP contribution in [0.25, 0.3) is 0 Å². The minimum Gasteiger partial charge on any atom is -0.389 e. The van der Waals surface area contributed by atoms with E-state index < -0.39 is 20.5 Å². The molecule has 7 nitrogen and oxygen atoms in total. The SMILES string of the molecule is CC(C)CC(C)(O)CNS(=O)(=O)c1ccc([N+](=O)[O-])cc1. The van der Waals surface area contributed by atoms with E-state index in [4.69, 9.17) is 0 Å². The Kier molecular flexibility index (Phi) is 5.43. The lowest BCUT2D eigenvalue weighted by atomic mass is 9.95. The van der Waals surface area contributed by atoms with Crippen LogP contribution in [0.5, 0.6) is 0 Å². The number of nitrogens with one attached hydrogen (secondary N) is 1. The van der Waals surface area contributed by atoms with Crippen molar-refractivity contribution in [3.05, 3.63) is 34.4 Å². The highest BCUT2D eigenvalue weighted by Gasteiger charge is 2.25. The smallest absolute Gasteiger partial charge is 0.269 e. The Balaban J connectivity index is 2.80. The zero-order valence-electron chi connectivity index (χ0n) is 12.2. The predicted octanol–water partition coefficient (Wildman–Crippen LogP) is 1.67. The maximum atomic E-state index is 12.1. The third kappa shape index (κ3) is 5.41. The van der Waals surface area contributed by atoms with E-state index in [1.54, 1.807) is 6.92 Å². The average molecular weight is 316 g/mol. The molecule has 0 fully saturated rings. The van der Waals surface area contributed by atoms with Crippen LogP contribution in [-0.2, 0) is 10.0 Å². The Morgan fingerprint density at radius 2 is 1.86 bits per heavy atom. The molecule has 0 radical (unpaired) electrons. The molecule has 1 rings (SSSR count). The Morgan fingerprint density at radius 3 is 2.29 bits per heavy atom. The summed E-state index contributed by atoms with van der Waals surface area (Å²) in [5.74, 6) is 0.226. The van der Waals surface area contributed by atoms with E-state index >= 15 is 0 Å². The molecule has 1 aromatic rings. The molecule has 0 saturated heterocycles. The molecule has 118 valence electrons. The van der Waals surface area contributed by atoms with Crippen LogP contribution in [0.4, 0.5) is 5.69 Å². The van der Waals surface area contributed by atoms with Gasteiger partial charge in [0.2, 0.25) is 10.0 Å². The van der Waals surface area contributed by atoms with Crippen molar-refractivity contribution in [2.45, 2.75) is 37.7 Å². The lowest BCUT2D eigenvalue weighted by Gasteiger charge is -2.25. The molecule has 0 spiro atoms. The fraction of sp³-hybridized carbons (Fsp3) is 0.538. The Bertz CT molecular complexity index is 593. The summed E-state index contributed by atoms with van der Waals surface area (Å²) in [7, 11) is -3.80. The first-order valence-corrected chi connectivity index (χ1v) is 7.98. The number of hydrogen-bond donors (Lipinski definition) is 2. The number of nitrogens with zero attached hydrogens (tertiary/aromatic N) is 1. The predicted molar refractivity (Wildman–Crippen MR) is 78.4 cm³/mol. The molecule has 0 amide bonds. The van der Waals surface area contributed by atoms with E-state index in [9.17, 15) is 23.6 Å². The van der Waals surface area contributed by atoms with Crippen LogP contribution < -0.4 is 4.72 Å². The Morgan fingerprint density at radius 1 is 1.33 bits per heavy atom. The molecule has 0 aliphatic carbocycles. The first-order valence-electron chi connectivity index (χ1n) is 6.50. The highest BCUT2D eigenvalue weighted by atomic mass is 32.2. The van der Waals surface area contributed by atoms with Gasteiger partial charge in [0.1, 0.15) is 0 Å². The number of aliphatic hydroxyl groups is 1. The quantitative estimate of drug-likeness (QED) is 0.587. The molecular weight excluding hydrogens is 296 g/mol. The number of hydrogen-bond acceptors (Lipinski definition) is 5. The van der Waals surface area contributed by atoms with Gasteiger partial charge in [0.15, 0.2) is 0 Å². The molecule has 0 bridgehead atoms. The molecule has 1 aromatic carbocycles. The lowest BCUT2D eigenvalue weighted by Crippen LogP contribution is -2.41. The van der Waals surface area contributed by atoms with Crippen LogP contribution in [0.3, 0.4) is 0 Å². The average Bonchev–Trinajstić information content (AvgIpc) is 2.35. The third-order valence-corrected chi connectivity index (χ3v) is 4.27. The topological polar surface area (TPSA) is 110 Å². The standard InChI is InChI=1S/C13H20N2O5S/c1-10(2)8-13(3,16)9-14-21(19,20)12-6-4-11(5-7-12)15(17)18/h4-7,10,14,16H,8-9H2,1-3H3.